The third-order valence-corrected chi connectivity index (χ3v) is 3.75. The molecule has 0 aliphatic rings. The van der Waals surface area contributed by atoms with Crippen molar-refractivity contribution >= 4 is 21.8 Å². The van der Waals surface area contributed by atoms with Gasteiger partial charge in [0.05, 0.1) is 0 Å². The maximum atomic E-state index is 11.9. The first kappa shape index (κ1) is 15.7. The van der Waals surface area contributed by atoms with Crippen LogP contribution in [0.1, 0.15) is 24.5 Å². The summed E-state index contributed by atoms with van der Waals surface area (Å²) in [6.45, 7) is 2.03. The average Bonchev–Trinajstić information content (AvgIpc) is 2.48. The van der Waals surface area contributed by atoms with E-state index in [1.54, 1.807) is 12.4 Å². The molecule has 2 rings (SSSR count). The zero-order valence-electron chi connectivity index (χ0n) is 12.1. The Hall–Kier alpha value is -1.68. The van der Waals surface area contributed by atoms with E-state index in [1.807, 2.05) is 31.2 Å². The second-order valence-electron chi connectivity index (χ2n) is 5.16. The quantitative estimate of drug-likeness (QED) is 0.869. The molecule has 0 spiro atoms. The highest BCUT2D eigenvalue weighted by Gasteiger charge is 2.08. The minimum atomic E-state index is 0.0865. The number of benzene rings is 1. The van der Waals surface area contributed by atoms with E-state index in [4.69, 9.17) is 0 Å². The Labute approximate surface area is 133 Å². The van der Waals surface area contributed by atoms with Gasteiger partial charge in [0.2, 0.25) is 5.91 Å². The lowest BCUT2D eigenvalue weighted by Crippen LogP contribution is -2.34. The number of nitrogens with one attached hydrogen (secondary N) is 1. The summed E-state index contributed by atoms with van der Waals surface area (Å²) in [6.07, 6.45) is 5.61. The molecule has 0 aliphatic carbocycles. The molecule has 0 saturated heterocycles. The van der Waals surface area contributed by atoms with Gasteiger partial charge in [-0.3, -0.25) is 9.78 Å². The number of carbonyl (C=O) groups excluding carboxylic acids is 1. The molecule has 21 heavy (non-hydrogen) atoms. The SMILES string of the molecule is C[C@H](Cc1ccc(Br)cc1)NC(=O)CCc1cccnc1. The van der Waals surface area contributed by atoms with E-state index in [2.05, 4.69) is 38.4 Å². The fourth-order valence-corrected chi connectivity index (χ4v) is 2.44. The van der Waals surface area contributed by atoms with Gasteiger partial charge in [-0.05, 0) is 49.1 Å². The lowest BCUT2D eigenvalue weighted by molar-refractivity contribution is -0.121. The summed E-state index contributed by atoms with van der Waals surface area (Å²) in [5.74, 6) is 0.0865. The van der Waals surface area contributed by atoms with Crippen LogP contribution < -0.4 is 5.32 Å². The van der Waals surface area contributed by atoms with E-state index in [1.165, 1.54) is 5.56 Å². The van der Waals surface area contributed by atoms with Crippen LogP contribution in [0, 0.1) is 0 Å². The van der Waals surface area contributed by atoms with Crippen LogP contribution in [0.15, 0.2) is 53.3 Å². The molecule has 110 valence electrons. The fraction of sp³-hybridized carbons (Fsp3) is 0.294. The highest BCUT2D eigenvalue weighted by molar-refractivity contribution is 9.10. The molecule has 3 nitrogen and oxygen atoms in total. The van der Waals surface area contributed by atoms with Crippen molar-refractivity contribution in [3.05, 3.63) is 64.4 Å². The number of carbonyl (C=O) groups is 1. The summed E-state index contributed by atoms with van der Waals surface area (Å²) < 4.78 is 1.07. The Morgan fingerprint density at radius 2 is 2.00 bits per heavy atom. The molecule has 1 heterocycles. The zero-order valence-corrected chi connectivity index (χ0v) is 13.6. The van der Waals surface area contributed by atoms with Gasteiger partial charge in [0, 0.05) is 29.3 Å². The van der Waals surface area contributed by atoms with Gasteiger partial charge in [0.1, 0.15) is 0 Å². The minimum absolute atomic E-state index is 0.0865. The van der Waals surface area contributed by atoms with Gasteiger partial charge in [0.15, 0.2) is 0 Å². The third kappa shape index (κ3) is 5.68. The topological polar surface area (TPSA) is 42.0 Å². The largest absolute Gasteiger partial charge is 0.353 e. The van der Waals surface area contributed by atoms with Crippen LogP contribution in [0.25, 0.3) is 0 Å². The van der Waals surface area contributed by atoms with Crippen molar-refractivity contribution in [3.8, 4) is 0 Å². The van der Waals surface area contributed by atoms with E-state index < -0.39 is 0 Å². The Morgan fingerprint density at radius 3 is 2.67 bits per heavy atom. The Bertz CT molecular complexity index is 569. The number of pyridine rings is 1. The molecular weight excluding hydrogens is 328 g/mol. The molecule has 1 aromatic heterocycles. The molecule has 1 N–H and O–H groups in total. The van der Waals surface area contributed by atoms with Crippen molar-refractivity contribution in [1.29, 1.82) is 0 Å². The van der Waals surface area contributed by atoms with Crippen molar-refractivity contribution in [3.63, 3.8) is 0 Å². The van der Waals surface area contributed by atoms with Crippen molar-refractivity contribution in [2.24, 2.45) is 0 Å². The van der Waals surface area contributed by atoms with E-state index in [-0.39, 0.29) is 11.9 Å². The number of hydrogen-bond acceptors (Lipinski definition) is 2. The Kier molecular flexibility index (Phi) is 5.93. The lowest BCUT2D eigenvalue weighted by atomic mass is 10.1. The van der Waals surface area contributed by atoms with Gasteiger partial charge in [-0.2, -0.15) is 0 Å². The lowest BCUT2D eigenvalue weighted by Gasteiger charge is -2.14. The number of hydrogen-bond donors (Lipinski definition) is 1. The van der Waals surface area contributed by atoms with Crippen LogP contribution >= 0.6 is 15.9 Å². The molecular formula is C17H19BrN2O. The van der Waals surface area contributed by atoms with Crippen molar-refractivity contribution in [1.82, 2.24) is 10.3 Å². The van der Waals surface area contributed by atoms with Crippen LogP contribution in [0.2, 0.25) is 0 Å². The Morgan fingerprint density at radius 1 is 1.24 bits per heavy atom. The average molecular weight is 347 g/mol. The van der Waals surface area contributed by atoms with Crippen LogP contribution in [-0.4, -0.2) is 16.9 Å². The molecule has 2 aromatic rings. The van der Waals surface area contributed by atoms with Crippen LogP contribution in [0.4, 0.5) is 0 Å². The molecule has 1 amide bonds. The van der Waals surface area contributed by atoms with Gasteiger partial charge in [-0.25, -0.2) is 0 Å². The second kappa shape index (κ2) is 7.93. The highest BCUT2D eigenvalue weighted by atomic mass is 79.9. The third-order valence-electron chi connectivity index (χ3n) is 3.23. The summed E-state index contributed by atoms with van der Waals surface area (Å²) in [5.41, 5.74) is 2.31. The summed E-state index contributed by atoms with van der Waals surface area (Å²) in [4.78, 5) is 16.0. The van der Waals surface area contributed by atoms with E-state index in [9.17, 15) is 4.79 Å². The highest BCUT2D eigenvalue weighted by Crippen LogP contribution is 2.12. The van der Waals surface area contributed by atoms with Crippen LogP contribution in [0.3, 0.4) is 0 Å². The van der Waals surface area contributed by atoms with Gasteiger partial charge in [-0.1, -0.05) is 34.1 Å². The minimum Gasteiger partial charge on any atom is -0.353 e. The van der Waals surface area contributed by atoms with E-state index in [0.717, 1.165) is 22.9 Å². The Balaban J connectivity index is 1.75. The summed E-state index contributed by atoms with van der Waals surface area (Å²) in [6, 6.07) is 12.2. The first-order valence-corrected chi connectivity index (χ1v) is 7.85. The molecule has 0 fully saturated rings. The number of amides is 1. The summed E-state index contributed by atoms with van der Waals surface area (Å²) in [7, 11) is 0. The first-order chi connectivity index (χ1) is 10.1. The van der Waals surface area contributed by atoms with Crippen LogP contribution in [-0.2, 0) is 17.6 Å². The van der Waals surface area contributed by atoms with Gasteiger partial charge in [-0.15, -0.1) is 0 Å². The molecule has 0 saturated carbocycles. The molecule has 1 aromatic carbocycles. The number of rotatable bonds is 6. The maximum Gasteiger partial charge on any atom is 0.220 e. The van der Waals surface area contributed by atoms with Crippen molar-refractivity contribution < 1.29 is 4.79 Å². The maximum absolute atomic E-state index is 11.9. The predicted octanol–water partition coefficient (Wildman–Crippen LogP) is 3.52. The summed E-state index contributed by atoms with van der Waals surface area (Å²) in [5, 5.41) is 3.04. The molecule has 1 atom stereocenters. The summed E-state index contributed by atoms with van der Waals surface area (Å²) >= 11 is 3.42. The van der Waals surface area contributed by atoms with E-state index in [0.29, 0.717) is 6.42 Å². The normalized spacial score (nSPS) is 11.9. The second-order valence-corrected chi connectivity index (χ2v) is 6.08. The van der Waals surface area contributed by atoms with Crippen molar-refractivity contribution in [2.75, 3.05) is 0 Å². The standard InChI is InChI=1S/C17H19BrN2O/c1-13(11-14-4-7-16(18)8-5-14)20-17(21)9-6-15-3-2-10-19-12-15/h2-5,7-8,10,12-13H,6,9,11H2,1H3,(H,20,21)/t13-/m1/s1. The molecule has 0 aliphatic heterocycles. The molecule has 0 radical (unpaired) electrons. The van der Waals surface area contributed by atoms with E-state index >= 15 is 0 Å². The smallest absolute Gasteiger partial charge is 0.220 e. The van der Waals surface area contributed by atoms with Gasteiger partial charge in [0.25, 0.3) is 0 Å². The number of nitrogens with zero attached hydrogens (tertiary/aromatic N) is 1. The predicted molar refractivity (Wildman–Crippen MR) is 88.0 cm³/mol. The first-order valence-electron chi connectivity index (χ1n) is 7.06. The number of aryl methyl sites for hydroxylation is 1. The molecule has 0 unspecified atom stereocenters. The molecule has 4 heteroatoms. The molecule has 0 bridgehead atoms. The monoisotopic (exact) mass is 346 g/mol. The fourth-order valence-electron chi connectivity index (χ4n) is 2.18. The number of halogens is 1. The van der Waals surface area contributed by atoms with Gasteiger partial charge < -0.3 is 5.32 Å². The van der Waals surface area contributed by atoms with Crippen LogP contribution in [0.5, 0.6) is 0 Å². The number of aromatic nitrogens is 1. The van der Waals surface area contributed by atoms with Crippen molar-refractivity contribution in [2.45, 2.75) is 32.2 Å². The zero-order chi connectivity index (χ0) is 15.1. The van der Waals surface area contributed by atoms with Gasteiger partial charge >= 0.3 is 0 Å².